The zero-order valence-electron chi connectivity index (χ0n) is 13.6. The number of nitrogens with one attached hydrogen (secondary N) is 1. The van der Waals surface area contributed by atoms with Crippen molar-refractivity contribution in [3.8, 4) is 22.8 Å². The number of furan rings is 1. The molecule has 0 fully saturated rings. The van der Waals surface area contributed by atoms with Crippen LogP contribution < -0.4 is 14.8 Å². The van der Waals surface area contributed by atoms with Gasteiger partial charge in [-0.1, -0.05) is 0 Å². The van der Waals surface area contributed by atoms with Crippen LogP contribution in [0.5, 0.6) is 11.5 Å². The Labute approximate surface area is 152 Å². The van der Waals surface area contributed by atoms with Gasteiger partial charge in [0.15, 0.2) is 11.5 Å². The number of anilines is 1. The van der Waals surface area contributed by atoms with Crippen LogP contribution in [-0.2, 0) is 4.74 Å². The molecule has 0 bridgehead atoms. The smallest absolute Gasteiger partial charge is 0.341 e. The minimum Gasteiger partial charge on any atom is -0.465 e. The van der Waals surface area contributed by atoms with Crippen LogP contribution in [0.2, 0.25) is 0 Å². The van der Waals surface area contributed by atoms with Crippen LogP contribution in [0.1, 0.15) is 20.7 Å². The van der Waals surface area contributed by atoms with Crippen LogP contribution in [0.3, 0.4) is 0 Å². The highest BCUT2D eigenvalue weighted by molar-refractivity contribution is 7.15. The summed E-state index contributed by atoms with van der Waals surface area (Å²) in [4.78, 5) is 24.8. The molecule has 0 unspecified atom stereocenters. The van der Waals surface area contributed by atoms with Gasteiger partial charge in [0.2, 0.25) is 6.79 Å². The Hall–Kier alpha value is -3.26. The summed E-state index contributed by atoms with van der Waals surface area (Å²) in [6.07, 6.45) is 1.51. The third kappa shape index (κ3) is 2.80. The van der Waals surface area contributed by atoms with E-state index in [0.29, 0.717) is 33.4 Å². The molecule has 0 aliphatic carbocycles. The molecule has 26 heavy (non-hydrogen) atoms. The maximum absolute atomic E-state index is 12.6. The van der Waals surface area contributed by atoms with Crippen LogP contribution in [0.25, 0.3) is 11.3 Å². The number of thiophene rings is 1. The van der Waals surface area contributed by atoms with Crippen molar-refractivity contribution in [2.45, 2.75) is 0 Å². The Bertz CT molecular complexity index is 976. The SMILES string of the molecule is COC(=O)c1c(-c2ccco2)csc1NC(=O)c1ccc2c(c1)OCO2. The van der Waals surface area contributed by atoms with Gasteiger partial charge in [0.25, 0.3) is 5.91 Å². The summed E-state index contributed by atoms with van der Waals surface area (Å²) in [7, 11) is 1.29. The van der Waals surface area contributed by atoms with Gasteiger partial charge in [0.05, 0.1) is 13.4 Å². The number of ether oxygens (including phenoxy) is 3. The van der Waals surface area contributed by atoms with E-state index in [9.17, 15) is 9.59 Å². The molecule has 0 atom stereocenters. The molecule has 8 heteroatoms. The van der Waals surface area contributed by atoms with E-state index in [0.717, 1.165) is 0 Å². The Morgan fingerprint density at radius 1 is 1.19 bits per heavy atom. The Balaban J connectivity index is 1.65. The predicted molar refractivity (Wildman–Crippen MR) is 93.9 cm³/mol. The van der Waals surface area contributed by atoms with Crippen LogP contribution in [0.4, 0.5) is 5.00 Å². The first-order chi connectivity index (χ1) is 12.7. The number of hydrogen-bond donors (Lipinski definition) is 1. The van der Waals surface area contributed by atoms with Gasteiger partial charge < -0.3 is 23.9 Å². The van der Waals surface area contributed by atoms with E-state index in [2.05, 4.69) is 5.32 Å². The van der Waals surface area contributed by atoms with Gasteiger partial charge in [-0.2, -0.15) is 0 Å². The van der Waals surface area contributed by atoms with Crippen LogP contribution in [0, 0.1) is 0 Å². The molecule has 0 saturated carbocycles. The first-order valence-corrected chi connectivity index (χ1v) is 8.50. The summed E-state index contributed by atoms with van der Waals surface area (Å²) in [5.41, 5.74) is 1.20. The van der Waals surface area contributed by atoms with Gasteiger partial charge in [-0.3, -0.25) is 4.79 Å². The molecule has 7 nitrogen and oxygen atoms in total. The number of fused-ring (bicyclic) bond motifs is 1. The molecule has 0 spiro atoms. The van der Waals surface area contributed by atoms with Crippen molar-refractivity contribution in [1.29, 1.82) is 0 Å². The molecule has 3 heterocycles. The third-order valence-electron chi connectivity index (χ3n) is 3.83. The summed E-state index contributed by atoms with van der Waals surface area (Å²) in [5.74, 6) is 0.687. The highest BCUT2D eigenvalue weighted by Gasteiger charge is 2.24. The van der Waals surface area contributed by atoms with Crippen molar-refractivity contribution >= 4 is 28.2 Å². The van der Waals surface area contributed by atoms with Gasteiger partial charge in [-0.15, -0.1) is 11.3 Å². The number of carbonyl (C=O) groups is 2. The van der Waals surface area contributed by atoms with E-state index in [4.69, 9.17) is 18.6 Å². The van der Waals surface area contributed by atoms with Crippen LogP contribution in [-0.4, -0.2) is 25.8 Å². The summed E-state index contributed by atoms with van der Waals surface area (Å²) in [6.45, 7) is 0.129. The van der Waals surface area contributed by atoms with E-state index in [1.54, 1.807) is 35.7 Å². The molecule has 3 aromatic rings. The number of benzene rings is 1. The summed E-state index contributed by atoms with van der Waals surface area (Å²) < 4.78 is 20.7. The largest absolute Gasteiger partial charge is 0.465 e. The monoisotopic (exact) mass is 371 g/mol. The minimum absolute atomic E-state index is 0.129. The van der Waals surface area contributed by atoms with Crippen LogP contribution >= 0.6 is 11.3 Å². The number of rotatable bonds is 4. The predicted octanol–water partition coefficient (Wildman–Crippen LogP) is 3.78. The molecule has 1 N–H and O–H groups in total. The number of hydrogen-bond acceptors (Lipinski definition) is 7. The fourth-order valence-corrected chi connectivity index (χ4v) is 3.51. The topological polar surface area (TPSA) is 87.0 Å². The lowest BCUT2D eigenvalue weighted by atomic mass is 10.1. The average molecular weight is 371 g/mol. The van der Waals surface area contributed by atoms with E-state index < -0.39 is 5.97 Å². The number of esters is 1. The highest BCUT2D eigenvalue weighted by Crippen LogP contribution is 2.37. The molecule has 1 aliphatic rings. The Morgan fingerprint density at radius 2 is 2.04 bits per heavy atom. The van der Waals surface area contributed by atoms with E-state index in [1.165, 1.54) is 24.7 Å². The van der Waals surface area contributed by atoms with Gasteiger partial charge >= 0.3 is 5.97 Å². The first kappa shape index (κ1) is 16.2. The lowest BCUT2D eigenvalue weighted by Gasteiger charge is -2.07. The molecule has 1 aliphatic heterocycles. The fourth-order valence-electron chi connectivity index (χ4n) is 2.58. The molecule has 0 radical (unpaired) electrons. The lowest BCUT2D eigenvalue weighted by Crippen LogP contribution is -2.14. The molecule has 4 rings (SSSR count). The van der Waals surface area contributed by atoms with Crippen molar-refractivity contribution < 1.29 is 28.2 Å². The fraction of sp³-hybridized carbons (Fsp3) is 0.111. The summed E-state index contributed by atoms with van der Waals surface area (Å²) >= 11 is 1.22. The first-order valence-electron chi connectivity index (χ1n) is 7.62. The second kappa shape index (κ2) is 6.57. The zero-order valence-corrected chi connectivity index (χ0v) is 14.4. The van der Waals surface area contributed by atoms with E-state index >= 15 is 0 Å². The van der Waals surface area contributed by atoms with Crippen molar-refractivity contribution in [3.63, 3.8) is 0 Å². The van der Waals surface area contributed by atoms with E-state index in [1.807, 2.05) is 0 Å². The van der Waals surface area contributed by atoms with Crippen molar-refractivity contribution in [3.05, 3.63) is 53.1 Å². The molecule has 1 amide bonds. The van der Waals surface area contributed by atoms with Crippen LogP contribution in [0.15, 0.2) is 46.4 Å². The highest BCUT2D eigenvalue weighted by atomic mass is 32.1. The molecule has 2 aromatic heterocycles. The average Bonchev–Trinajstić information content (AvgIpc) is 3.39. The van der Waals surface area contributed by atoms with E-state index in [-0.39, 0.29) is 18.3 Å². The second-order valence-electron chi connectivity index (χ2n) is 5.34. The van der Waals surface area contributed by atoms with Gasteiger partial charge in [-0.05, 0) is 30.3 Å². The van der Waals surface area contributed by atoms with Gasteiger partial charge in [0, 0.05) is 16.5 Å². The Morgan fingerprint density at radius 3 is 2.81 bits per heavy atom. The molecule has 1 aromatic carbocycles. The van der Waals surface area contributed by atoms with Gasteiger partial charge in [-0.25, -0.2) is 4.79 Å². The van der Waals surface area contributed by atoms with Crippen molar-refractivity contribution in [1.82, 2.24) is 0 Å². The maximum Gasteiger partial charge on any atom is 0.341 e. The normalized spacial score (nSPS) is 12.0. The molecular formula is C18H13NO6S. The number of methoxy groups -OCH3 is 1. The molecular weight excluding hydrogens is 358 g/mol. The number of carbonyl (C=O) groups excluding carboxylic acids is 2. The Kier molecular flexibility index (Phi) is 4.10. The molecule has 0 saturated heterocycles. The summed E-state index contributed by atoms with van der Waals surface area (Å²) in [6, 6.07) is 8.34. The quantitative estimate of drug-likeness (QED) is 0.703. The third-order valence-corrected chi connectivity index (χ3v) is 4.72. The minimum atomic E-state index is -0.557. The summed E-state index contributed by atoms with van der Waals surface area (Å²) in [5, 5.41) is 4.87. The zero-order chi connectivity index (χ0) is 18.1. The molecule has 132 valence electrons. The second-order valence-corrected chi connectivity index (χ2v) is 6.22. The lowest BCUT2D eigenvalue weighted by molar-refractivity contribution is 0.0603. The van der Waals surface area contributed by atoms with Crippen molar-refractivity contribution in [2.24, 2.45) is 0 Å². The van der Waals surface area contributed by atoms with Gasteiger partial charge in [0.1, 0.15) is 16.3 Å². The maximum atomic E-state index is 12.6. The van der Waals surface area contributed by atoms with Crippen molar-refractivity contribution in [2.75, 3.05) is 19.2 Å². The number of amides is 1. The standard InChI is InChI=1S/C18H13NO6S/c1-22-18(21)15-11(12-3-2-6-23-12)8-26-17(15)19-16(20)10-4-5-13-14(7-10)25-9-24-13/h2-8H,9H2,1H3,(H,19,20).